The second kappa shape index (κ2) is 9.72. The minimum absolute atomic E-state index is 0.0688. The van der Waals surface area contributed by atoms with Crippen LogP contribution in [0, 0.1) is 12.8 Å². The SMILES string of the molecule is CCOC(=O)c1c(COC(=O)C2CCN(c3ncccn3)CC2)nc2ccccc2c1C. The summed E-state index contributed by atoms with van der Waals surface area (Å²) in [5, 5.41) is 0.876. The number of aryl methyl sites for hydroxylation is 1. The number of fused-ring (bicyclic) bond motifs is 1. The van der Waals surface area contributed by atoms with Crippen LogP contribution in [0.4, 0.5) is 5.95 Å². The topological polar surface area (TPSA) is 94.5 Å². The first-order valence-corrected chi connectivity index (χ1v) is 10.8. The molecule has 8 heteroatoms. The first-order chi connectivity index (χ1) is 15.6. The van der Waals surface area contributed by atoms with E-state index >= 15 is 0 Å². The van der Waals surface area contributed by atoms with Gasteiger partial charge in [0.05, 0.1) is 29.3 Å². The Morgan fingerprint density at radius 1 is 1.06 bits per heavy atom. The van der Waals surface area contributed by atoms with E-state index < -0.39 is 5.97 Å². The van der Waals surface area contributed by atoms with Crippen molar-refractivity contribution >= 4 is 28.8 Å². The van der Waals surface area contributed by atoms with Crippen molar-refractivity contribution in [3.8, 4) is 0 Å². The van der Waals surface area contributed by atoms with Crippen LogP contribution in [0.1, 0.15) is 41.4 Å². The van der Waals surface area contributed by atoms with Crippen LogP contribution in [0.3, 0.4) is 0 Å². The Kier molecular flexibility index (Phi) is 6.58. The third-order valence-electron chi connectivity index (χ3n) is 5.72. The Labute approximate surface area is 186 Å². The predicted molar refractivity (Wildman–Crippen MR) is 119 cm³/mol. The summed E-state index contributed by atoms with van der Waals surface area (Å²) in [5.74, 6) is -0.261. The lowest BCUT2D eigenvalue weighted by Crippen LogP contribution is -2.37. The van der Waals surface area contributed by atoms with Crippen LogP contribution in [-0.2, 0) is 20.9 Å². The van der Waals surface area contributed by atoms with E-state index in [1.54, 1.807) is 25.4 Å². The van der Waals surface area contributed by atoms with E-state index in [2.05, 4.69) is 19.9 Å². The van der Waals surface area contributed by atoms with Crippen LogP contribution in [0.15, 0.2) is 42.7 Å². The molecule has 3 heterocycles. The predicted octanol–water partition coefficient (Wildman–Crippen LogP) is 3.47. The standard InChI is InChI=1S/C24H26N4O4/c1-3-31-23(30)21-16(2)18-7-4-5-8-19(18)27-20(21)15-32-22(29)17-9-13-28(14-10-17)24-25-11-6-12-26-24/h4-8,11-12,17H,3,9-10,13-15H2,1-2H3. The van der Waals surface area contributed by atoms with E-state index in [1.165, 1.54) is 0 Å². The van der Waals surface area contributed by atoms with Gasteiger partial charge in [-0.3, -0.25) is 4.79 Å². The molecule has 1 aliphatic rings. The molecule has 1 aromatic carbocycles. The number of piperidine rings is 1. The summed E-state index contributed by atoms with van der Waals surface area (Å²) in [4.78, 5) is 40.6. The van der Waals surface area contributed by atoms with E-state index in [0.717, 1.165) is 16.5 Å². The maximum Gasteiger partial charge on any atom is 0.340 e. The van der Waals surface area contributed by atoms with E-state index in [1.807, 2.05) is 31.2 Å². The van der Waals surface area contributed by atoms with Crippen molar-refractivity contribution in [3.63, 3.8) is 0 Å². The molecule has 0 N–H and O–H groups in total. The van der Waals surface area contributed by atoms with Gasteiger partial charge < -0.3 is 14.4 Å². The number of esters is 2. The zero-order valence-electron chi connectivity index (χ0n) is 18.3. The van der Waals surface area contributed by atoms with Crippen molar-refractivity contribution in [2.45, 2.75) is 33.3 Å². The van der Waals surface area contributed by atoms with Crippen molar-refractivity contribution in [1.82, 2.24) is 15.0 Å². The molecule has 0 radical (unpaired) electrons. The highest BCUT2D eigenvalue weighted by atomic mass is 16.5. The van der Waals surface area contributed by atoms with Gasteiger partial charge >= 0.3 is 11.9 Å². The second-order valence-electron chi connectivity index (χ2n) is 7.71. The van der Waals surface area contributed by atoms with E-state index in [0.29, 0.717) is 43.1 Å². The molecule has 0 spiro atoms. The van der Waals surface area contributed by atoms with Gasteiger partial charge in [0, 0.05) is 30.9 Å². The molecule has 2 aromatic heterocycles. The summed E-state index contributed by atoms with van der Waals surface area (Å²) in [6, 6.07) is 9.36. The van der Waals surface area contributed by atoms with Gasteiger partial charge in [0.1, 0.15) is 6.61 Å². The number of anilines is 1. The van der Waals surface area contributed by atoms with Crippen LogP contribution in [0.2, 0.25) is 0 Å². The van der Waals surface area contributed by atoms with Crippen LogP contribution in [-0.4, -0.2) is 46.6 Å². The Bertz CT molecular complexity index is 1110. The highest BCUT2D eigenvalue weighted by molar-refractivity contribution is 5.98. The molecule has 3 aromatic rings. The molecule has 0 bridgehead atoms. The number of carbonyl (C=O) groups is 2. The first-order valence-electron chi connectivity index (χ1n) is 10.8. The van der Waals surface area contributed by atoms with Gasteiger partial charge in [0.15, 0.2) is 0 Å². The van der Waals surface area contributed by atoms with Gasteiger partial charge in [0.2, 0.25) is 5.95 Å². The fourth-order valence-electron chi connectivity index (χ4n) is 4.05. The average molecular weight is 434 g/mol. The number of benzene rings is 1. The second-order valence-corrected chi connectivity index (χ2v) is 7.71. The molecule has 1 saturated heterocycles. The number of para-hydroxylation sites is 1. The molecule has 0 amide bonds. The van der Waals surface area contributed by atoms with Crippen molar-refractivity contribution in [3.05, 3.63) is 59.5 Å². The van der Waals surface area contributed by atoms with Gasteiger partial charge in [-0.2, -0.15) is 0 Å². The summed E-state index contributed by atoms with van der Waals surface area (Å²) >= 11 is 0. The third-order valence-corrected chi connectivity index (χ3v) is 5.72. The van der Waals surface area contributed by atoms with Gasteiger partial charge in [-0.15, -0.1) is 0 Å². The molecule has 1 aliphatic heterocycles. The number of hydrogen-bond acceptors (Lipinski definition) is 8. The quantitative estimate of drug-likeness (QED) is 0.545. The highest BCUT2D eigenvalue weighted by Crippen LogP contribution is 2.26. The van der Waals surface area contributed by atoms with E-state index in [-0.39, 0.29) is 25.1 Å². The smallest absolute Gasteiger partial charge is 0.340 e. The molecule has 32 heavy (non-hydrogen) atoms. The van der Waals surface area contributed by atoms with Gasteiger partial charge in [-0.05, 0) is 44.4 Å². The zero-order valence-corrected chi connectivity index (χ0v) is 18.3. The van der Waals surface area contributed by atoms with Gasteiger partial charge in [-0.1, -0.05) is 18.2 Å². The van der Waals surface area contributed by atoms with Crippen LogP contribution in [0.5, 0.6) is 0 Å². The Morgan fingerprint density at radius 3 is 2.50 bits per heavy atom. The number of carbonyl (C=O) groups excluding carboxylic acids is 2. The summed E-state index contributed by atoms with van der Waals surface area (Å²) in [7, 11) is 0. The van der Waals surface area contributed by atoms with E-state index in [4.69, 9.17) is 9.47 Å². The number of ether oxygens (including phenoxy) is 2. The fourth-order valence-corrected chi connectivity index (χ4v) is 4.05. The monoisotopic (exact) mass is 434 g/mol. The lowest BCUT2D eigenvalue weighted by atomic mass is 9.97. The Morgan fingerprint density at radius 2 is 1.78 bits per heavy atom. The molecule has 0 unspecified atom stereocenters. The van der Waals surface area contributed by atoms with Crippen LogP contribution < -0.4 is 4.90 Å². The molecular weight excluding hydrogens is 408 g/mol. The maximum atomic E-state index is 12.8. The highest BCUT2D eigenvalue weighted by Gasteiger charge is 2.28. The lowest BCUT2D eigenvalue weighted by Gasteiger charge is -2.30. The first kappa shape index (κ1) is 21.7. The molecule has 0 aliphatic carbocycles. The number of pyridine rings is 1. The van der Waals surface area contributed by atoms with Crippen LogP contribution >= 0.6 is 0 Å². The van der Waals surface area contributed by atoms with Crippen molar-refractivity contribution in [2.24, 2.45) is 5.92 Å². The molecule has 166 valence electrons. The normalized spacial score (nSPS) is 14.4. The van der Waals surface area contributed by atoms with E-state index in [9.17, 15) is 9.59 Å². The molecule has 0 saturated carbocycles. The minimum atomic E-state index is -0.453. The maximum absolute atomic E-state index is 12.8. The Balaban J connectivity index is 1.46. The minimum Gasteiger partial charge on any atom is -0.462 e. The zero-order chi connectivity index (χ0) is 22.5. The van der Waals surface area contributed by atoms with Gasteiger partial charge in [-0.25, -0.2) is 19.7 Å². The number of aromatic nitrogens is 3. The average Bonchev–Trinajstić information content (AvgIpc) is 2.83. The molecule has 8 nitrogen and oxygen atoms in total. The number of hydrogen-bond donors (Lipinski definition) is 0. The van der Waals surface area contributed by atoms with Crippen molar-refractivity contribution in [2.75, 3.05) is 24.6 Å². The summed E-state index contributed by atoms with van der Waals surface area (Å²) in [6.07, 6.45) is 4.74. The Hall–Kier alpha value is -3.55. The number of nitrogens with zero attached hydrogens (tertiary/aromatic N) is 4. The summed E-state index contributed by atoms with van der Waals surface area (Å²) in [5.41, 5.74) is 2.31. The van der Waals surface area contributed by atoms with Crippen LogP contribution in [0.25, 0.3) is 10.9 Å². The molecule has 0 atom stereocenters. The number of rotatable bonds is 6. The molecule has 4 rings (SSSR count). The summed E-state index contributed by atoms with van der Waals surface area (Å²) in [6.45, 7) is 5.18. The lowest BCUT2D eigenvalue weighted by molar-refractivity contribution is -0.150. The molecular formula is C24H26N4O4. The van der Waals surface area contributed by atoms with Crippen molar-refractivity contribution < 1.29 is 19.1 Å². The fraction of sp³-hybridized carbons (Fsp3) is 0.375. The third kappa shape index (κ3) is 4.54. The van der Waals surface area contributed by atoms with Gasteiger partial charge in [0.25, 0.3) is 0 Å². The largest absolute Gasteiger partial charge is 0.462 e. The summed E-state index contributed by atoms with van der Waals surface area (Å²) < 4.78 is 10.9. The molecule has 1 fully saturated rings. The van der Waals surface area contributed by atoms with Crippen molar-refractivity contribution in [1.29, 1.82) is 0 Å².